The third-order valence-corrected chi connectivity index (χ3v) is 6.99. The first-order valence-corrected chi connectivity index (χ1v) is 12.5. The highest BCUT2D eigenvalue weighted by Gasteiger charge is 2.18. The zero-order valence-corrected chi connectivity index (χ0v) is 19.4. The lowest BCUT2D eigenvalue weighted by Gasteiger charge is -2.18. The molecule has 0 unspecified atom stereocenters. The van der Waals surface area contributed by atoms with Crippen molar-refractivity contribution in [3.8, 4) is 17.2 Å². The van der Waals surface area contributed by atoms with Gasteiger partial charge in [0.1, 0.15) is 19.0 Å². The van der Waals surface area contributed by atoms with Gasteiger partial charge in [-0.1, -0.05) is 35.6 Å². The van der Waals surface area contributed by atoms with Crippen LogP contribution in [0.1, 0.15) is 10.4 Å². The lowest BCUT2D eigenvalue weighted by molar-refractivity contribution is 0.0995. The Morgan fingerprint density at radius 1 is 1.12 bits per heavy atom. The van der Waals surface area contributed by atoms with Gasteiger partial charge in [0.25, 0.3) is 5.91 Å². The lowest BCUT2D eigenvalue weighted by atomic mass is 10.1. The number of carbonyl (C=O) groups is 1. The van der Waals surface area contributed by atoms with Gasteiger partial charge in [-0.15, -0.1) is 0 Å². The van der Waals surface area contributed by atoms with Gasteiger partial charge in [0, 0.05) is 24.4 Å². The second-order valence-corrected chi connectivity index (χ2v) is 9.30. The largest absolute Gasteiger partial charge is 0.496 e. The van der Waals surface area contributed by atoms with Gasteiger partial charge in [0.15, 0.2) is 16.3 Å². The molecule has 8 heteroatoms. The van der Waals surface area contributed by atoms with Gasteiger partial charge in [-0.25, -0.2) is 0 Å². The third-order valence-electron chi connectivity index (χ3n) is 5.36. The molecule has 3 aromatic carbocycles. The molecule has 0 saturated carbocycles. The van der Waals surface area contributed by atoms with Crippen molar-refractivity contribution in [1.29, 1.82) is 0 Å². The van der Waals surface area contributed by atoms with Crippen LogP contribution in [0.25, 0.3) is 21.0 Å². The Bertz CT molecular complexity index is 1390. The topological polar surface area (TPSA) is 62.0 Å². The predicted octanol–water partition coefficient (Wildman–Crippen LogP) is 4.74. The average Bonchev–Trinajstić information content (AvgIpc) is 3.15. The minimum atomic E-state index is -0.325. The van der Waals surface area contributed by atoms with E-state index in [0.29, 0.717) is 29.3 Å². The first kappa shape index (κ1) is 20.9. The summed E-state index contributed by atoms with van der Waals surface area (Å²) >= 11 is 3.23. The van der Waals surface area contributed by atoms with Crippen LogP contribution in [0.4, 0.5) is 0 Å². The summed E-state index contributed by atoms with van der Waals surface area (Å²) in [5, 5.41) is 1.99. The number of aryl methyl sites for hydroxylation is 1. The Morgan fingerprint density at radius 2 is 1.84 bits per heavy atom. The quantitative estimate of drug-likeness (QED) is 0.425. The molecule has 1 aliphatic heterocycles. The summed E-state index contributed by atoms with van der Waals surface area (Å²) in [6.07, 6.45) is 2.07. The van der Waals surface area contributed by atoms with E-state index < -0.39 is 0 Å². The highest BCUT2D eigenvalue weighted by molar-refractivity contribution is 7.98. The Kier molecular flexibility index (Phi) is 5.80. The molecule has 0 N–H and O–H groups in total. The van der Waals surface area contributed by atoms with E-state index in [0.717, 1.165) is 44.8 Å². The molecule has 0 radical (unpaired) electrons. The molecule has 32 heavy (non-hydrogen) atoms. The normalized spacial score (nSPS) is 13.6. The van der Waals surface area contributed by atoms with E-state index in [2.05, 4.69) is 15.8 Å². The van der Waals surface area contributed by atoms with Crippen LogP contribution >= 0.6 is 23.1 Å². The maximum absolute atomic E-state index is 13.3. The number of methoxy groups -OCH3 is 1. The maximum atomic E-state index is 13.3. The number of hydrogen-bond acceptors (Lipinski definition) is 6. The third kappa shape index (κ3) is 3.84. The number of thioether (sulfide) groups is 1. The molecule has 0 spiro atoms. The fourth-order valence-corrected chi connectivity index (χ4v) is 5.22. The molecular formula is C24H22N2O4S2. The van der Waals surface area contributed by atoms with Crippen LogP contribution in [0.15, 0.2) is 53.5 Å². The van der Waals surface area contributed by atoms with Gasteiger partial charge in [-0.2, -0.15) is 16.8 Å². The van der Waals surface area contributed by atoms with E-state index in [4.69, 9.17) is 14.2 Å². The zero-order chi connectivity index (χ0) is 22.1. The number of rotatable bonds is 5. The number of ether oxygens (including phenoxy) is 3. The van der Waals surface area contributed by atoms with Crippen molar-refractivity contribution in [2.24, 2.45) is 4.99 Å². The minimum absolute atomic E-state index is 0.325. The lowest BCUT2D eigenvalue weighted by Crippen LogP contribution is -2.19. The summed E-state index contributed by atoms with van der Waals surface area (Å²) in [5.74, 6) is 2.56. The van der Waals surface area contributed by atoms with E-state index in [1.54, 1.807) is 18.9 Å². The second kappa shape index (κ2) is 8.88. The van der Waals surface area contributed by atoms with Crippen molar-refractivity contribution >= 4 is 50.0 Å². The summed E-state index contributed by atoms with van der Waals surface area (Å²) in [6, 6.07) is 15.6. The Balaban J connectivity index is 1.65. The van der Waals surface area contributed by atoms with Gasteiger partial charge in [-0.3, -0.25) is 4.79 Å². The number of nitrogens with zero attached hydrogens (tertiary/aromatic N) is 2. The fraction of sp³-hybridized carbons (Fsp3) is 0.250. The summed E-state index contributed by atoms with van der Waals surface area (Å²) < 4.78 is 20.1. The number of thiazole rings is 1. The highest BCUT2D eigenvalue weighted by atomic mass is 32.2. The van der Waals surface area contributed by atoms with Crippen LogP contribution in [-0.4, -0.2) is 42.8 Å². The Hall–Kier alpha value is -2.97. The predicted molar refractivity (Wildman–Crippen MR) is 130 cm³/mol. The summed E-state index contributed by atoms with van der Waals surface area (Å²) in [6.45, 7) is 1.81. The van der Waals surface area contributed by atoms with Crippen molar-refractivity contribution < 1.29 is 19.0 Å². The molecule has 1 aliphatic rings. The maximum Gasteiger partial charge on any atom is 0.283 e. The van der Waals surface area contributed by atoms with Crippen LogP contribution in [0, 0.1) is 0 Å². The molecular weight excluding hydrogens is 444 g/mol. The van der Waals surface area contributed by atoms with E-state index >= 15 is 0 Å². The van der Waals surface area contributed by atoms with Crippen LogP contribution < -0.4 is 19.0 Å². The molecule has 6 nitrogen and oxygen atoms in total. The number of fused-ring (bicyclic) bond motifs is 3. The van der Waals surface area contributed by atoms with Crippen molar-refractivity contribution in [3.63, 3.8) is 0 Å². The Morgan fingerprint density at radius 3 is 2.56 bits per heavy atom. The van der Waals surface area contributed by atoms with E-state index in [1.807, 2.05) is 48.5 Å². The minimum Gasteiger partial charge on any atom is -0.496 e. The van der Waals surface area contributed by atoms with Crippen molar-refractivity contribution in [2.75, 3.05) is 32.3 Å². The molecule has 4 aromatic rings. The van der Waals surface area contributed by atoms with Gasteiger partial charge in [0.2, 0.25) is 0 Å². The standard InChI is InChI=1S/C24H22N2O4S2/c1-28-19-12-16-6-4-3-5-15(16)11-17(19)23(27)25-24-26(7-10-31-2)18-13-20-21(14-22(18)32-24)30-9-8-29-20/h3-6,11-14H,7-10H2,1-2H3. The summed E-state index contributed by atoms with van der Waals surface area (Å²) in [7, 11) is 1.57. The summed E-state index contributed by atoms with van der Waals surface area (Å²) in [4.78, 5) is 18.5. The fourth-order valence-electron chi connectivity index (χ4n) is 3.79. The van der Waals surface area contributed by atoms with E-state index in [-0.39, 0.29) is 5.91 Å². The Labute approximate surface area is 193 Å². The highest BCUT2D eigenvalue weighted by Crippen LogP contribution is 2.35. The van der Waals surface area contributed by atoms with Gasteiger partial charge < -0.3 is 18.8 Å². The van der Waals surface area contributed by atoms with Crippen LogP contribution in [0.2, 0.25) is 0 Å². The smallest absolute Gasteiger partial charge is 0.283 e. The number of carbonyl (C=O) groups excluding carboxylic acids is 1. The number of hydrogen-bond donors (Lipinski definition) is 0. The van der Waals surface area contributed by atoms with E-state index in [1.165, 1.54) is 11.3 Å². The van der Waals surface area contributed by atoms with E-state index in [9.17, 15) is 4.79 Å². The number of aromatic nitrogens is 1. The average molecular weight is 467 g/mol. The molecule has 2 heterocycles. The molecule has 0 saturated heterocycles. The molecule has 5 rings (SSSR count). The van der Waals surface area contributed by atoms with Gasteiger partial charge in [0.05, 0.1) is 22.9 Å². The van der Waals surface area contributed by atoms with Crippen molar-refractivity contribution in [2.45, 2.75) is 6.54 Å². The molecule has 0 bridgehead atoms. The summed E-state index contributed by atoms with van der Waals surface area (Å²) in [5.41, 5.74) is 1.44. The van der Waals surface area contributed by atoms with Crippen LogP contribution in [0.3, 0.4) is 0 Å². The van der Waals surface area contributed by atoms with Crippen molar-refractivity contribution in [3.05, 3.63) is 58.9 Å². The molecule has 1 amide bonds. The molecule has 164 valence electrons. The zero-order valence-electron chi connectivity index (χ0n) is 17.8. The number of amides is 1. The van der Waals surface area contributed by atoms with Crippen LogP contribution in [-0.2, 0) is 6.54 Å². The molecule has 0 fully saturated rings. The number of benzene rings is 3. The molecule has 0 atom stereocenters. The van der Waals surface area contributed by atoms with Gasteiger partial charge >= 0.3 is 0 Å². The monoisotopic (exact) mass is 466 g/mol. The van der Waals surface area contributed by atoms with Gasteiger partial charge in [-0.05, 0) is 29.2 Å². The first-order chi connectivity index (χ1) is 15.7. The van der Waals surface area contributed by atoms with Crippen molar-refractivity contribution in [1.82, 2.24) is 4.57 Å². The molecule has 0 aliphatic carbocycles. The SMILES string of the molecule is COc1cc2ccccc2cc1C(=O)N=c1sc2cc3c(cc2n1CCSC)OCCO3. The first-order valence-electron chi connectivity index (χ1n) is 10.3. The molecule has 1 aromatic heterocycles. The second-order valence-electron chi connectivity index (χ2n) is 7.31. The van der Waals surface area contributed by atoms with Crippen LogP contribution in [0.5, 0.6) is 17.2 Å².